The summed E-state index contributed by atoms with van der Waals surface area (Å²) in [5.41, 5.74) is 0.806. The number of hydrogen-bond acceptors (Lipinski definition) is 4. The Morgan fingerprint density at radius 1 is 1.56 bits per heavy atom. The summed E-state index contributed by atoms with van der Waals surface area (Å²) < 4.78 is 28.1. The molecule has 1 saturated heterocycles. The fraction of sp³-hybridized carbons (Fsp3) is 0.636. The van der Waals surface area contributed by atoms with Gasteiger partial charge in [-0.2, -0.15) is 0 Å². The van der Waals surface area contributed by atoms with E-state index in [1.807, 2.05) is 13.8 Å². The van der Waals surface area contributed by atoms with Gasteiger partial charge in [0.25, 0.3) is 0 Å². The number of nitrogens with one attached hydrogen (secondary N) is 2. The van der Waals surface area contributed by atoms with E-state index in [-0.39, 0.29) is 6.04 Å². The maximum atomic E-state index is 12.2. The third-order valence-electron chi connectivity index (χ3n) is 3.19. The molecule has 0 bridgehead atoms. The fourth-order valence-corrected chi connectivity index (χ4v) is 5.11. The molecule has 4 nitrogen and oxygen atoms in total. The smallest absolute Gasteiger partial charge is 0.250 e. The maximum absolute atomic E-state index is 12.2. The average Bonchev–Trinajstić information content (AvgIpc) is 2.63. The van der Waals surface area contributed by atoms with Gasteiger partial charge >= 0.3 is 0 Å². The maximum Gasteiger partial charge on any atom is 0.250 e. The summed E-state index contributed by atoms with van der Waals surface area (Å²) in [5.74, 6) is 0.296. The Morgan fingerprint density at radius 3 is 2.83 bits per heavy atom. The first-order valence-electron chi connectivity index (χ1n) is 5.89. The van der Waals surface area contributed by atoms with Gasteiger partial charge in [0.1, 0.15) is 4.21 Å². The van der Waals surface area contributed by atoms with E-state index in [1.165, 1.54) is 0 Å². The molecule has 2 rings (SSSR count). The largest absolute Gasteiger partial charge is 0.316 e. The summed E-state index contributed by atoms with van der Waals surface area (Å²) in [7, 11) is -3.44. The Labute approximate surface area is 117 Å². The van der Waals surface area contributed by atoms with E-state index in [9.17, 15) is 8.42 Å². The predicted octanol–water partition coefficient (Wildman–Crippen LogP) is 1.99. The standard InChI is InChI=1S/C11H17ClN2O2S2/c1-7-5-10(17-11(7)12)18(15,16)14-9-3-4-13-6-8(9)2/h5,8-9,13-14H,3-4,6H2,1-2H3. The molecule has 2 N–H and O–H groups in total. The lowest BCUT2D eigenvalue weighted by molar-refractivity contribution is 0.328. The van der Waals surface area contributed by atoms with E-state index in [1.54, 1.807) is 6.07 Å². The average molecular weight is 309 g/mol. The molecule has 1 fully saturated rings. The Morgan fingerprint density at radius 2 is 2.28 bits per heavy atom. The Bertz CT molecular complexity index is 508. The highest BCUT2D eigenvalue weighted by Crippen LogP contribution is 2.30. The van der Waals surface area contributed by atoms with Crippen molar-refractivity contribution in [3.8, 4) is 0 Å². The van der Waals surface area contributed by atoms with Gasteiger partial charge in [-0.3, -0.25) is 0 Å². The molecule has 0 aromatic carbocycles. The van der Waals surface area contributed by atoms with Crippen molar-refractivity contribution in [2.45, 2.75) is 30.5 Å². The van der Waals surface area contributed by atoms with E-state index in [0.29, 0.717) is 14.5 Å². The molecule has 1 aliphatic rings. The van der Waals surface area contributed by atoms with Crippen molar-refractivity contribution >= 4 is 33.0 Å². The second-order valence-corrected chi connectivity index (χ2v) is 8.32. The second kappa shape index (κ2) is 5.46. The lowest BCUT2D eigenvalue weighted by Crippen LogP contribution is -2.48. The molecule has 0 aliphatic carbocycles. The van der Waals surface area contributed by atoms with Gasteiger partial charge < -0.3 is 5.32 Å². The summed E-state index contributed by atoms with van der Waals surface area (Å²) >= 11 is 7.03. The van der Waals surface area contributed by atoms with Gasteiger partial charge in [-0.25, -0.2) is 13.1 Å². The number of hydrogen-bond donors (Lipinski definition) is 2. The van der Waals surface area contributed by atoms with E-state index in [4.69, 9.17) is 11.6 Å². The van der Waals surface area contributed by atoms with Crippen molar-refractivity contribution in [2.24, 2.45) is 5.92 Å². The highest BCUT2D eigenvalue weighted by atomic mass is 35.5. The van der Waals surface area contributed by atoms with Crippen LogP contribution in [0.3, 0.4) is 0 Å². The van der Waals surface area contributed by atoms with Gasteiger partial charge in [-0.1, -0.05) is 18.5 Å². The number of thiophene rings is 1. The van der Waals surface area contributed by atoms with Crippen LogP contribution < -0.4 is 10.0 Å². The van der Waals surface area contributed by atoms with Crippen molar-refractivity contribution < 1.29 is 8.42 Å². The van der Waals surface area contributed by atoms with Crippen LogP contribution in [0.2, 0.25) is 4.34 Å². The van der Waals surface area contributed by atoms with Gasteiger partial charge in [0.05, 0.1) is 4.34 Å². The van der Waals surface area contributed by atoms with Crippen molar-refractivity contribution in [1.82, 2.24) is 10.0 Å². The first kappa shape index (κ1) is 14.3. The van der Waals surface area contributed by atoms with Gasteiger partial charge in [0.2, 0.25) is 10.0 Å². The van der Waals surface area contributed by atoms with Crippen LogP contribution in [0.25, 0.3) is 0 Å². The molecule has 0 radical (unpaired) electrons. The first-order valence-corrected chi connectivity index (χ1v) is 8.57. The van der Waals surface area contributed by atoms with Crippen molar-refractivity contribution in [3.63, 3.8) is 0 Å². The zero-order valence-electron chi connectivity index (χ0n) is 10.4. The van der Waals surface area contributed by atoms with Crippen LogP contribution in [0, 0.1) is 12.8 Å². The molecule has 18 heavy (non-hydrogen) atoms. The van der Waals surface area contributed by atoms with Gasteiger partial charge in [-0.15, -0.1) is 11.3 Å². The minimum Gasteiger partial charge on any atom is -0.316 e. The molecule has 0 saturated carbocycles. The summed E-state index contributed by atoms with van der Waals surface area (Å²) in [5, 5.41) is 3.25. The van der Waals surface area contributed by atoms with Crippen LogP contribution in [0.15, 0.2) is 10.3 Å². The first-order chi connectivity index (χ1) is 8.40. The molecule has 0 spiro atoms. The second-order valence-electron chi connectivity index (χ2n) is 4.72. The molecular weight excluding hydrogens is 292 g/mol. The highest BCUT2D eigenvalue weighted by Gasteiger charge is 2.27. The molecule has 2 unspecified atom stereocenters. The Kier molecular flexibility index (Phi) is 4.33. The Balaban J connectivity index is 2.16. The van der Waals surface area contributed by atoms with E-state index >= 15 is 0 Å². The quantitative estimate of drug-likeness (QED) is 0.898. The molecular formula is C11H17ClN2O2S2. The van der Waals surface area contributed by atoms with Crippen LogP contribution in [0.4, 0.5) is 0 Å². The lowest BCUT2D eigenvalue weighted by Gasteiger charge is -2.29. The number of halogens is 1. The number of piperidine rings is 1. The normalized spacial score (nSPS) is 25.3. The molecule has 2 atom stereocenters. The monoisotopic (exact) mass is 308 g/mol. The predicted molar refractivity (Wildman–Crippen MR) is 74.8 cm³/mol. The van der Waals surface area contributed by atoms with E-state index in [0.717, 1.165) is 36.4 Å². The Hall–Kier alpha value is -0.140. The van der Waals surface area contributed by atoms with Crippen LogP contribution in [-0.2, 0) is 10.0 Å². The van der Waals surface area contributed by atoms with Crippen molar-refractivity contribution in [1.29, 1.82) is 0 Å². The molecule has 1 aromatic heterocycles. The molecule has 1 aromatic rings. The summed E-state index contributed by atoms with van der Waals surface area (Å²) in [6.07, 6.45) is 0.818. The van der Waals surface area contributed by atoms with E-state index in [2.05, 4.69) is 10.0 Å². The summed E-state index contributed by atoms with van der Waals surface area (Å²) in [4.78, 5) is 0. The van der Waals surface area contributed by atoms with Crippen LogP contribution in [-0.4, -0.2) is 27.5 Å². The number of rotatable bonds is 3. The summed E-state index contributed by atoms with van der Waals surface area (Å²) in [6, 6.07) is 1.62. The zero-order valence-corrected chi connectivity index (χ0v) is 12.8. The minimum atomic E-state index is -3.44. The highest BCUT2D eigenvalue weighted by molar-refractivity contribution is 7.91. The molecule has 1 aliphatic heterocycles. The molecule has 0 amide bonds. The molecule has 102 valence electrons. The SMILES string of the molecule is Cc1cc(S(=O)(=O)NC2CCNCC2C)sc1Cl. The van der Waals surface area contributed by atoms with Gasteiger partial charge in [0, 0.05) is 6.04 Å². The molecule has 2 heterocycles. The number of sulfonamides is 1. The van der Waals surface area contributed by atoms with Crippen LogP contribution in [0.1, 0.15) is 18.9 Å². The van der Waals surface area contributed by atoms with Crippen molar-refractivity contribution in [3.05, 3.63) is 16.0 Å². The van der Waals surface area contributed by atoms with E-state index < -0.39 is 10.0 Å². The lowest BCUT2D eigenvalue weighted by atomic mass is 9.97. The topological polar surface area (TPSA) is 58.2 Å². The van der Waals surface area contributed by atoms with Crippen LogP contribution in [0.5, 0.6) is 0 Å². The zero-order chi connectivity index (χ0) is 13.3. The van der Waals surface area contributed by atoms with Gasteiger partial charge in [0.15, 0.2) is 0 Å². The number of aryl methyl sites for hydroxylation is 1. The van der Waals surface area contributed by atoms with Crippen molar-refractivity contribution in [2.75, 3.05) is 13.1 Å². The van der Waals surface area contributed by atoms with Crippen LogP contribution >= 0.6 is 22.9 Å². The minimum absolute atomic E-state index is 0.00238. The third kappa shape index (κ3) is 3.05. The fourth-order valence-electron chi connectivity index (χ4n) is 2.01. The third-order valence-corrected chi connectivity index (χ3v) is 6.71. The molecule has 7 heteroatoms. The van der Waals surface area contributed by atoms with Gasteiger partial charge in [-0.05, 0) is 44.0 Å². The summed E-state index contributed by atoms with van der Waals surface area (Å²) in [6.45, 7) is 5.55.